The van der Waals surface area contributed by atoms with E-state index in [4.69, 9.17) is 0 Å². The highest BCUT2D eigenvalue weighted by Gasteiger charge is 2.29. The molecule has 0 fully saturated rings. The maximum absolute atomic E-state index is 14.7. The molecule has 0 radical (unpaired) electrons. The zero-order valence-corrected chi connectivity index (χ0v) is 14.5. The van der Waals surface area contributed by atoms with Crippen LogP contribution in [0.3, 0.4) is 0 Å². The number of rotatable bonds is 6. The van der Waals surface area contributed by atoms with E-state index in [-0.39, 0.29) is 10.5 Å². The Kier molecular flexibility index (Phi) is 5.38. The quantitative estimate of drug-likeness (QED) is 0.470. The van der Waals surface area contributed by atoms with E-state index in [2.05, 4.69) is 6.58 Å². The van der Waals surface area contributed by atoms with E-state index in [0.29, 0.717) is 0 Å². The molecule has 1 unspecified atom stereocenters. The van der Waals surface area contributed by atoms with E-state index in [1.165, 1.54) is 37.3 Å². The molecule has 0 spiro atoms. The molecular weight excluding hydrogens is 361 g/mol. The van der Waals surface area contributed by atoms with E-state index in [0.717, 1.165) is 6.07 Å². The Morgan fingerprint density at radius 1 is 1.38 bits per heavy atom. The maximum atomic E-state index is 14.7. The van der Waals surface area contributed by atoms with Crippen LogP contribution in [0.15, 0.2) is 53.9 Å². The number of nitrogens with zero attached hydrogens (tertiary/aromatic N) is 2. The normalized spacial score (nSPS) is 12.0. The number of nitro groups is 1. The molecule has 0 aromatic heterocycles. The lowest BCUT2D eigenvalue weighted by Crippen LogP contribution is -2.15. The van der Waals surface area contributed by atoms with Gasteiger partial charge in [-0.2, -0.15) is 5.26 Å². The summed E-state index contributed by atoms with van der Waals surface area (Å²) in [6.45, 7) is 5.02. The van der Waals surface area contributed by atoms with Gasteiger partial charge in [0.1, 0.15) is 11.6 Å². The van der Waals surface area contributed by atoms with Crippen molar-refractivity contribution in [1.82, 2.24) is 0 Å². The number of nitriles is 1. The van der Waals surface area contributed by atoms with Crippen LogP contribution >= 0.6 is 0 Å². The molecule has 0 saturated heterocycles. The van der Waals surface area contributed by atoms with Crippen LogP contribution in [-0.4, -0.2) is 13.3 Å². The van der Waals surface area contributed by atoms with Crippen molar-refractivity contribution in [3.8, 4) is 6.07 Å². The summed E-state index contributed by atoms with van der Waals surface area (Å²) < 4.78 is 41.4. The van der Waals surface area contributed by atoms with Crippen LogP contribution in [0, 0.1) is 27.3 Å². The van der Waals surface area contributed by atoms with Crippen LogP contribution in [0.4, 0.5) is 15.8 Å². The molecule has 1 atom stereocenters. The van der Waals surface area contributed by atoms with Crippen LogP contribution in [0.1, 0.15) is 24.0 Å². The molecule has 9 heteroatoms. The number of hydrogen-bond donors (Lipinski definition) is 1. The molecule has 1 N–H and O–H groups in total. The smallest absolute Gasteiger partial charge is 0.276 e. The van der Waals surface area contributed by atoms with Gasteiger partial charge in [0.05, 0.1) is 21.1 Å². The van der Waals surface area contributed by atoms with Crippen molar-refractivity contribution < 1.29 is 17.7 Å². The molecule has 7 nitrogen and oxygen atoms in total. The van der Waals surface area contributed by atoms with Crippen molar-refractivity contribution >= 4 is 21.4 Å². The first kappa shape index (κ1) is 19.1. The van der Waals surface area contributed by atoms with Gasteiger partial charge in [-0.1, -0.05) is 31.2 Å². The van der Waals surface area contributed by atoms with Crippen molar-refractivity contribution in [3.63, 3.8) is 0 Å². The highest BCUT2D eigenvalue weighted by molar-refractivity contribution is 7.92. The first-order chi connectivity index (χ1) is 12.2. The summed E-state index contributed by atoms with van der Waals surface area (Å²) in [6, 6.07) is 9.47. The Labute approximate surface area is 149 Å². The molecule has 0 saturated carbocycles. The molecule has 2 aromatic rings. The fourth-order valence-electron chi connectivity index (χ4n) is 2.38. The first-order valence-electron chi connectivity index (χ1n) is 7.34. The van der Waals surface area contributed by atoms with Gasteiger partial charge in [0.2, 0.25) is 0 Å². The minimum atomic E-state index is -4.18. The van der Waals surface area contributed by atoms with Gasteiger partial charge in [0, 0.05) is 12.0 Å². The third kappa shape index (κ3) is 3.55. The number of nitro benzene ring substituents is 1. The van der Waals surface area contributed by atoms with E-state index in [9.17, 15) is 28.2 Å². The molecule has 0 aliphatic heterocycles. The molecule has 2 aromatic carbocycles. The predicted octanol–water partition coefficient (Wildman–Crippen LogP) is 3.70. The molecule has 0 bridgehead atoms. The second kappa shape index (κ2) is 7.33. The molecule has 0 amide bonds. The second-order valence-corrected chi connectivity index (χ2v) is 7.04. The van der Waals surface area contributed by atoms with Gasteiger partial charge >= 0.3 is 0 Å². The third-order valence-electron chi connectivity index (χ3n) is 3.70. The van der Waals surface area contributed by atoms with E-state index in [1.807, 2.05) is 4.72 Å². The van der Waals surface area contributed by atoms with Gasteiger partial charge in [-0.15, -0.1) is 6.58 Å². The average Bonchev–Trinajstić information content (AvgIpc) is 2.62. The number of benzene rings is 2. The fraction of sp³-hybridized carbons (Fsp3) is 0.118. The van der Waals surface area contributed by atoms with E-state index < -0.39 is 43.6 Å². The SMILES string of the molecule is C=CC(C)c1c([N+](=O)[O-])cc(NS(=O)(=O)c2ccccc2)c(F)c1C#N. The predicted molar refractivity (Wildman–Crippen MR) is 93.6 cm³/mol. The van der Waals surface area contributed by atoms with Crippen LogP contribution in [0.5, 0.6) is 0 Å². The van der Waals surface area contributed by atoms with Crippen molar-refractivity contribution in [1.29, 1.82) is 5.26 Å². The summed E-state index contributed by atoms with van der Waals surface area (Å²) in [5.74, 6) is -1.86. The molecule has 0 aliphatic carbocycles. The lowest BCUT2D eigenvalue weighted by atomic mass is 9.93. The monoisotopic (exact) mass is 375 g/mol. The van der Waals surface area contributed by atoms with Gasteiger partial charge in [-0.25, -0.2) is 12.8 Å². The summed E-state index contributed by atoms with van der Waals surface area (Å²) in [4.78, 5) is 10.4. The molecular formula is C17H14FN3O4S. The number of halogens is 1. The first-order valence-corrected chi connectivity index (χ1v) is 8.82. The number of anilines is 1. The highest BCUT2D eigenvalue weighted by atomic mass is 32.2. The van der Waals surface area contributed by atoms with Crippen molar-refractivity contribution in [2.45, 2.75) is 17.7 Å². The number of allylic oxidation sites excluding steroid dienone is 1. The van der Waals surface area contributed by atoms with Crippen LogP contribution < -0.4 is 4.72 Å². The number of hydrogen-bond acceptors (Lipinski definition) is 5. The Hall–Kier alpha value is -3.25. The summed E-state index contributed by atoms with van der Waals surface area (Å²) in [5.41, 5.74) is -2.00. The van der Waals surface area contributed by atoms with Crippen LogP contribution in [0.25, 0.3) is 0 Å². The fourth-order valence-corrected chi connectivity index (χ4v) is 3.45. The Balaban J connectivity index is 2.68. The maximum Gasteiger partial charge on any atom is 0.276 e. The average molecular weight is 375 g/mol. The zero-order chi connectivity index (χ0) is 19.5. The van der Waals surface area contributed by atoms with Gasteiger partial charge in [0.15, 0.2) is 5.82 Å². The standard InChI is InChI=1S/C17H14FN3O4S/c1-3-11(2)16-13(10-19)17(18)14(9-15(16)21(22)23)20-26(24,25)12-7-5-4-6-8-12/h3-9,11,20H,1H2,2H3. The van der Waals surface area contributed by atoms with Crippen LogP contribution in [-0.2, 0) is 10.0 Å². The Morgan fingerprint density at radius 3 is 2.50 bits per heavy atom. The lowest BCUT2D eigenvalue weighted by molar-refractivity contribution is -0.385. The second-order valence-electron chi connectivity index (χ2n) is 5.36. The van der Waals surface area contributed by atoms with Gasteiger partial charge in [-0.3, -0.25) is 14.8 Å². The Morgan fingerprint density at radius 2 is 2.00 bits per heavy atom. The number of sulfonamides is 1. The Bertz CT molecular complexity index is 1010. The summed E-state index contributed by atoms with van der Waals surface area (Å²) in [7, 11) is -4.18. The lowest BCUT2D eigenvalue weighted by Gasteiger charge is -2.14. The van der Waals surface area contributed by atoms with Gasteiger partial charge in [0.25, 0.3) is 15.7 Å². The van der Waals surface area contributed by atoms with Gasteiger partial charge in [-0.05, 0) is 12.1 Å². The molecule has 0 aliphatic rings. The van der Waals surface area contributed by atoms with Crippen molar-refractivity contribution in [3.05, 3.63) is 76.1 Å². The topological polar surface area (TPSA) is 113 Å². The van der Waals surface area contributed by atoms with Gasteiger partial charge < -0.3 is 0 Å². The minimum absolute atomic E-state index is 0.149. The van der Waals surface area contributed by atoms with Crippen molar-refractivity contribution in [2.75, 3.05) is 4.72 Å². The largest absolute Gasteiger partial charge is 0.276 e. The summed E-state index contributed by atoms with van der Waals surface area (Å²) in [5, 5.41) is 20.6. The molecule has 0 heterocycles. The van der Waals surface area contributed by atoms with E-state index >= 15 is 0 Å². The third-order valence-corrected chi connectivity index (χ3v) is 5.08. The van der Waals surface area contributed by atoms with Crippen LogP contribution in [0.2, 0.25) is 0 Å². The number of nitrogens with one attached hydrogen (secondary N) is 1. The summed E-state index contributed by atoms with van der Waals surface area (Å²) >= 11 is 0. The molecule has 26 heavy (non-hydrogen) atoms. The molecule has 2 rings (SSSR count). The van der Waals surface area contributed by atoms with Crippen molar-refractivity contribution in [2.24, 2.45) is 0 Å². The minimum Gasteiger partial charge on any atom is -0.276 e. The zero-order valence-electron chi connectivity index (χ0n) is 13.6. The highest BCUT2D eigenvalue weighted by Crippen LogP contribution is 2.36. The van der Waals surface area contributed by atoms with E-state index in [1.54, 1.807) is 12.1 Å². The molecule has 134 valence electrons. The summed E-state index contributed by atoms with van der Waals surface area (Å²) in [6.07, 6.45) is 1.33.